The Balaban J connectivity index is 0. The molecule has 0 saturated heterocycles. The normalized spacial score (nSPS) is 8.55. The van der Waals surface area contributed by atoms with Crippen LogP contribution in [0.5, 0.6) is 0 Å². The molecule has 0 aliphatic carbocycles. The van der Waals surface area contributed by atoms with Crippen molar-refractivity contribution in [2.24, 2.45) is 5.73 Å². The Morgan fingerprint density at radius 3 is 2.55 bits per heavy atom. The number of nitrogens with two attached hydrogens (primary N) is 1. The van der Waals surface area contributed by atoms with Gasteiger partial charge >= 0.3 is 0 Å². The van der Waals surface area contributed by atoms with Crippen LogP contribution in [-0.2, 0) is 4.79 Å². The summed E-state index contributed by atoms with van der Waals surface area (Å²) in [4.78, 5) is 10.5. The van der Waals surface area contributed by atoms with Gasteiger partial charge in [-0.15, -0.1) is 12.4 Å². The van der Waals surface area contributed by atoms with Crippen molar-refractivity contribution in [3.8, 4) is 0 Å². The molecule has 0 saturated carbocycles. The molecule has 0 heterocycles. The van der Waals surface area contributed by atoms with Crippen LogP contribution in [0, 0.1) is 0 Å². The molecule has 4 nitrogen and oxygen atoms in total. The molecule has 0 fully saturated rings. The summed E-state index contributed by atoms with van der Waals surface area (Å²) < 4.78 is 0. The van der Waals surface area contributed by atoms with Gasteiger partial charge in [0.05, 0.1) is 6.54 Å². The average Bonchev–Trinajstić information content (AvgIpc) is 1.98. The number of amides is 1. The Morgan fingerprint density at radius 2 is 2.09 bits per heavy atom. The third kappa shape index (κ3) is 9.68. The molecule has 0 aliphatic rings. The summed E-state index contributed by atoms with van der Waals surface area (Å²) in [6, 6.07) is 0. The van der Waals surface area contributed by atoms with Gasteiger partial charge in [0.2, 0.25) is 5.91 Å². The number of hydrogen-bond donors (Lipinski definition) is 3. The number of halogens is 1. The summed E-state index contributed by atoms with van der Waals surface area (Å²) in [5.74, 6) is -0.0992. The van der Waals surface area contributed by atoms with E-state index in [4.69, 9.17) is 5.73 Å². The topological polar surface area (TPSA) is 67.1 Å². The van der Waals surface area contributed by atoms with Gasteiger partial charge in [0.1, 0.15) is 0 Å². The summed E-state index contributed by atoms with van der Waals surface area (Å²) in [5, 5.41) is 5.71. The number of carbonyl (C=O) groups is 1. The fourth-order valence-corrected chi connectivity index (χ4v) is 0.539. The smallest absolute Gasteiger partial charge is 0.233 e. The zero-order valence-corrected chi connectivity index (χ0v) is 7.54. The van der Waals surface area contributed by atoms with E-state index in [1.807, 2.05) is 6.92 Å². The molecule has 11 heavy (non-hydrogen) atoms. The highest BCUT2D eigenvalue weighted by molar-refractivity contribution is 5.85. The minimum absolute atomic E-state index is 0. The summed E-state index contributed by atoms with van der Waals surface area (Å²) >= 11 is 0. The zero-order chi connectivity index (χ0) is 7.82. The van der Waals surface area contributed by atoms with Crippen LogP contribution in [0.4, 0.5) is 0 Å². The second-order valence-electron chi connectivity index (χ2n) is 1.91. The Bertz CT molecular complexity index is 99.8. The quantitative estimate of drug-likeness (QED) is 0.482. The molecule has 4 N–H and O–H groups in total. The van der Waals surface area contributed by atoms with Crippen LogP contribution in [0.15, 0.2) is 0 Å². The van der Waals surface area contributed by atoms with Crippen LogP contribution < -0.4 is 16.4 Å². The lowest BCUT2D eigenvalue weighted by Gasteiger charge is -2.02. The third-order valence-electron chi connectivity index (χ3n) is 1.06. The first-order valence-corrected chi connectivity index (χ1v) is 3.48. The molecule has 0 spiro atoms. The van der Waals surface area contributed by atoms with Gasteiger partial charge in [-0.3, -0.25) is 4.79 Å². The minimum Gasteiger partial charge on any atom is -0.354 e. The molecule has 0 radical (unpaired) electrons. The van der Waals surface area contributed by atoms with Gasteiger partial charge in [-0.2, -0.15) is 0 Å². The molecule has 5 heteroatoms. The lowest BCUT2D eigenvalue weighted by molar-refractivity contribution is -0.119. The number of hydrogen-bond acceptors (Lipinski definition) is 3. The molecule has 0 unspecified atom stereocenters. The second-order valence-corrected chi connectivity index (χ2v) is 1.91. The van der Waals surface area contributed by atoms with Crippen LogP contribution in [-0.4, -0.2) is 32.1 Å². The number of rotatable bonds is 5. The van der Waals surface area contributed by atoms with E-state index >= 15 is 0 Å². The Labute approximate surface area is 73.3 Å². The van der Waals surface area contributed by atoms with E-state index < -0.39 is 0 Å². The lowest BCUT2D eigenvalue weighted by atomic mass is 10.5. The maximum atomic E-state index is 10.5. The average molecular weight is 182 g/mol. The van der Waals surface area contributed by atoms with Crippen LogP contribution in [0.1, 0.15) is 6.92 Å². The van der Waals surface area contributed by atoms with Crippen molar-refractivity contribution in [3.63, 3.8) is 0 Å². The van der Waals surface area contributed by atoms with E-state index in [0.29, 0.717) is 6.54 Å². The molecule has 0 atom stereocenters. The van der Waals surface area contributed by atoms with Crippen molar-refractivity contribution in [3.05, 3.63) is 0 Å². The summed E-state index contributed by atoms with van der Waals surface area (Å²) in [6.45, 7) is 4.49. The maximum Gasteiger partial charge on any atom is 0.233 e. The zero-order valence-electron chi connectivity index (χ0n) is 6.72. The van der Waals surface area contributed by atoms with Crippen LogP contribution in [0.3, 0.4) is 0 Å². The monoisotopic (exact) mass is 181 g/mol. The highest BCUT2D eigenvalue weighted by atomic mass is 35.5. The van der Waals surface area contributed by atoms with Crippen LogP contribution in [0.2, 0.25) is 0 Å². The first-order chi connectivity index (χ1) is 4.81. The molecule has 0 bridgehead atoms. The molecule has 68 valence electrons. The molecule has 0 aromatic rings. The van der Waals surface area contributed by atoms with Gasteiger partial charge in [0.15, 0.2) is 0 Å². The van der Waals surface area contributed by atoms with Crippen molar-refractivity contribution < 1.29 is 4.79 Å². The molecule has 0 rings (SSSR count). The van der Waals surface area contributed by atoms with E-state index in [0.717, 1.165) is 13.1 Å². The second kappa shape index (κ2) is 9.68. The predicted molar refractivity (Wildman–Crippen MR) is 47.9 cm³/mol. The number of likely N-dealkylation sites (N-methyl/N-ethyl adjacent to an activating group) is 1. The minimum atomic E-state index is -0.0992. The van der Waals surface area contributed by atoms with Gasteiger partial charge in [0.25, 0.3) is 0 Å². The van der Waals surface area contributed by atoms with E-state index in [1.165, 1.54) is 0 Å². The van der Waals surface area contributed by atoms with Gasteiger partial charge in [-0.05, 0) is 6.54 Å². The first kappa shape index (κ1) is 13.3. The van der Waals surface area contributed by atoms with E-state index in [2.05, 4.69) is 10.6 Å². The van der Waals surface area contributed by atoms with Crippen molar-refractivity contribution in [1.82, 2.24) is 10.6 Å². The predicted octanol–water partition coefficient (Wildman–Crippen LogP) is -0.907. The van der Waals surface area contributed by atoms with Gasteiger partial charge in [-0.25, -0.2) is 0 Å². The van der Waals surface area contributed by atoms with Gasteiger partial charge in [-0.1, -0.05) is 6.92 Å². The number of nitrogens with one attached hydrogen (secondary N) is 2. The fraction of sp³-hybridized carbons (Fsp3) is 0.833. The third-order valence-corrected chi connectivity index (χ3v) is 1.06. The van der Waals surface area contributed by atoms with Crippen LogP contribution in [0.25, 0.3) is 0 Å². The lowest BCUT2D eigenvalue weighted by Crippen LogP contribution is -2.35. The highest BCUT2D eigenvalue weighted by Crippen LogP contribution is 1.60. The summed E-state index contributed by atoms with van der Waals surface area (Å²) in [5.41, 5.74) is 5.05. The van der Waals surface area contributed by atoms with Crippen molar-refractivity contribution in [2.75, 3.05) is 26.2 Å². The van der Waals surface area contributed by atoms with Crippen LogP contribution >= 0.6 is 12.4 Å². The number of carbonyl (C=O) groups excluding carboxylic acids is 1. The maximum absolute atomic E-state index is 10.5. The Hall–Kier alpha value is -0.320. The standard InChI is InChI=1S/C6H15N3O.ClH/c1-2-8-3-4-9-6(10)5-7;/h8H,2-5,7H2,1H3,(H,9,10);1H. The van der Waals surface area contributed by atoms with Crippen molar-refractivity contribution in [2.45, 2.75) is 6.92 Å². The molecule has 1 amide bonds. The highest BCUT2D eigenvalue weighted by Gasteiger charge is 1.92. The van der Waals surface area contributed by atoms with Gasteiger partial charge in [0, 0.05) is 13.1 Å². The SMILES string of the molecule is CCNCCNC(=O)CN.Cl. The van der Waals surface area contributed by atoms with Crippen molar-refractivity contribution >= 4 is 18.3 Å². The van der Waals surface area contributed by atoms with E-state index in [9.17, 15) is 4.79 Å². The molecule has 0 aromatic heterocycles. The van der Waals surface area contributed by atoms with Gasteiger partial charge < -0.3 is 16.4 Å². The van der Waals surface area contributed by atoms with E-state index in [-0.39, 0.29) is 24.9 Å². The molecule has 0 aliphatic heterocycles. The Morgan fingerprint density at radius 1 is 1.45 bits per heavy atom. The van der Waals surface area contributed by atoms with Crippen molar-refractivity contribution in [1.29, 1.82) is 0 Å². The molecular weight excluding hydrogens is 166 g/mol. The fourth-order valence-electron chi connectivity index (χ4n) is 0.539. The Kier molecular flexibility index (Phi) is 11.7. The molecular formula is C6H16ClN3O. The summed E-state index contributed by atoms with van der Waals surface area (Å²) in [6.07, 6.45) is 0. The first-order valence-electron chi connectivity index (χ1n) is 3.48. The largest absolute Gasteiger partial charge is 0.354 e. The molecule has 0 aromatic carbocycles. The van der Waals surface area contributed by atoms with E-state index in [1.54, 1.807) is 0 Å². The summed E-state index contributed by atoms with van der Waals surface area (Å²) in [7, 11) is 0.